The molecule has 0 aliphatic rings. The molecule has 0 spiro atoms. The minimum absolute atomic E-state index is 0. The second-order valence-corrected chi connectivity index (χ2v) is 0.637. The van der Waals surface area contributed by atoms with Gasteiger partial charge in [0.1, 0.15) is 0 Å². The van der Waals surface area contributed by atoms with Gasteiger partial charge in [-0.1, -0.05) is 0 Å². The van der Waals surface area contributed by atoms with Crippen LogP contribution in [0.15, 0.2) is 12.7 Å². The average Bonchev–Trinajstić information content (AvgIpc) is 1.41. The van der Waals surface area contributed by atoms with Crippen LogP contribution in [-0.2, 0) is 24.3 Å². The monoisotopic (exact) mass is 171 g/mol. The summed E-state index contributed by atoms with van der Waals surface area (Å²) >= 11 is 0. The quantitative estimate of drug-likeness (QED) is 0.338. The van der Waals surface area contributed by atoms with Gasteiger partial charge < -0.3 is 4.79 Å². The molecule has 0 aliphatic carbocycles. The van der Waals surface area contributed by atoms with Crippen LogP contribution in [0.1, 0.15) is 6.42 Å². The summed E-state index contributed by atoms with van der Waals surface area (Å²) in [6.45, 7) is 3.29. The van der Waals surface area contributed by atoms with Gasteiger partial charge in [0.15, 0.2) is 0 Å². The Morgan fingerprint density at radius 3 is 2.33 bits per heavy atom. The third-order valence-corrected chi connectivity index (χ3v) is 0.228. The van der Waals surface area contributed by atoms with Crippen LogP contribution in [-0.4, -0.2) is 6.29 Å². The van der Waals surface area contributed by atoms with E-state index in [1.807, 2.05) is 0 Å². The molecule has 0 rings (SSSR count). The molecule has 35 valence electrons. The molecule has 0 N–H and O–H groups in total. The second-order valence-electron chi connectivity index (χ2n) is 0.637. The van der Waals surface area contributed by atoms with E-state index in [9.17, 15) is 4.79 Å². The van der Waals surface area contributed by atoms with E-state index < -0.39 is 0 Å². The molecule has 0 bridgehead atoms. The van der Waals surface area contributed by atoms with Gasteiger partial charge >= 0.3 is 19.5 Å². The first-order valence-electron chi connectivity index (χ1n) is 1.37. The summed E-state index contributed by atoms with van der Waals surface area (Å²) in [4.78, 5) is 9.21. The fourth-order valence-electron chi connectivity index (χ4n) is 0.0589. The fraction of sp³-hybridized carbons (Fsp3) is 0.250. The molecule has 0 aromatic heterocycles. The van der Waals surface area contributed by atoms with Gasteiger partial charge in [-0.25, -0.2) is 0 Å². The standard InChI is InChI=1S/C4H5O.Ru/c1-2-3-4-5;/h2H,1,3H2;/q-1;+1. The molecule has 0 saturated carbocycles. The maximum absolute atomic E-state index is 9.21. The van der Waals surface area contributed by atoms with Gasteiger partial charge in [0, 0.05) is 0 Å². The van der Waals surface area contributed by atoms with Gasteiger partial charge in [0.2, 0.25) is 0 Å². The summed E-state index contributed by atoms with van der Waals surface area (Å²) in [5.41, 5.74) is 0. The van der Waals surface area contributed by atoms with Gasteiger partial charge in [-0.05, 0) is 0 Å². The van der Waals surface area contributed by atoms with Gasteiger partial charge in [0.25, 0.3) is 0 Å². The predicted octanol–water partition coefficient (Wildman–Crippen LogP) is 0.670. The Labute approximate surface area is 50.2 Å². The molecule has 0 amide bonds. The maximum atomic E-state index is 9.21. The first kappa shape index (κ1) is 9.40. The molecule has 6 heavy (non-hydrogen) atoms. The maximum Gasteiger partial charge on any atom is 1.00 e. The van der Waals surface area contributed by atoms with E-state index in [2.05, 4.69) is 6.58 Å². The van der Waals surface area contributed by atoms with Gasteiger partial charge in [0.05, 0.1) is 0 Å². The largest absolute Gasteiger partial charge is 1.00 e. The molecular formula is C4H5ORu. The van der Waals surface area contributed by atoms with E-state index >= 15 is 0 Å². The normalized spacial score (nSPS) is 5.33. The number of rotatable bonds is 2. The van der Waals surface area contributed by atoms with Crippen molar-refractivity contribution in [1.29, 1.82) is 0 Å². The van der Waals surface area contributed by atoms with Crippen LogP contribution in [0.4, 0.5) is 0 Å². The minimum Gasteiger partial charge on any atom is -0.541 e. The summed E-state index contributed by atoms with van der Waals surface area (Å²) in [5.74, 6) is 0. The Hall–Kier alpha value is 0.0334. The molecule has 1 radical (unpaired) electrons. The molecule has 0 aromatic carbocycles. The van der Waals surface area contributed by atoms with Crippen molar-refractivity contribution in [3.05, 3.63) is 12.7 Å². The van der Waals surface area contributed by atoms with Crippen molar-refractivity contribution >= 4 is 6.29 Å². The van der Waals surface area contributed by atoms with Gasteiger partial charge in [-0.3, -0.25) is 6.29 Å². The molecule has 0 atom stereocenters. The van der Waals surface area contributed by atoms with Crippen LogP contribution >= 0.6 is 0 Å². The molecule has 0 aliphatic heterocycles. The summed E-state index contributed by atoms with van der Waals surface area (Å²) < 4.78 is 0. The van der Waals surface area contributed by atoms with E-state index in [0.29, 0.717) is 6.42 Å². The number of hydrogen-bond donors (Lipinski definition) is 0. The molecule has 0 heterocycles. The van der Waals surface area contributed by atoms with Crippen molar-refractivity contribution in [2.45, 2.75) is 6.42 Å². The van der Waals surface area contributed by atoms with Crippen LogP contribution in [0, 0.1) is 0 Å². The minimum atomic E-state index is 0. The first-order valence-corrected chi connectivity index (χ1v) is 1.37. The van der Waals surface area contributed by atoms with Crippen molar-refractivity contribution in [1.82, 2.24) is 0 Å². The predicted molar refractivity (Wildman–Crippen MR) is 20.5 cm³/mol. The second kappa shape index (κ2) is 8.90. The van der Waals surface area contributed by atoms with E-state index in [1.165, 1.54) is 6.08 Å². The Bertz CT molecular complexity index is 36.8. The number of carbonyl (C=O) groups excluding carboxylic acids is 1. The Morgan fingerprint density at radius 1 is 1.83 bits per heavy atom. The zero-order chi connectivity index (χ0) is 4.12. The zero-order valence-corrected chi connectivity index (χ0v) is 4.99. The van der Waals surface area contributed by atoms with Gasteiger partial charge in [-0.2, -0.15) is 0 Å². The molecule has 2 heteroatoms. The smallest absolute Gasteiger partial charge is 0.541 e. The van der Waals surface area contributed by atoms with E-state index in [-0.39, 0.29) is 19.5 Å². The average molecular weight is 170 g/mol. The van der Waals surface area contributed by atoms with Crippen molar-refractivity contribution in [3.63, 3.8) is 0 Å². The molecular weight excluding hydrogens is 165 g/mol. The van der Waals surface area contributed by atoms with Gasteiger partial charge in [-0.15, -0.1) is 19.1 Å². The van der Waals surface area contributed by atoms with Crippen molar-refractivity contribution < 1.29 is 24.3 Å². The fourth-order valence-corrected chi connectivity index (χ4v) is 0.0589. The topological polar surface area (TPSA) is 17.1 Å². The Morgan fingerprint density at radius 2 is 2.33 bits per heavy atom. The summed E-state index contributed by atoms with van der Waals surface area (Å²) in [7, 11) is 0. The van der Waals surface area contributed by atoms with Crippen molar-refractivity contribution in [3.8, 4) is 0 Å². The molecule has 1 nitrogen and oxygen atoms in total. The SMILES string of the molecule is C=CC[C-]=O.[Ru+]. The first-order chi connectivity index (χ1) is 2.41. The summed E-state index contributed by atoms with van der Waals surface area (Å²) in [6, 6.07) is 0. The van der Waals surface area contributed by atoms with Crippen LogP contribution < -0.4 is 0 Å². The number of allylic oxidation sites excluding steroid dienone is 1. The molecule has 0 saturated heterocycles. The van der Waals surface area contributed by atoms with E-state index in [4.69, 9.17) is 0 Å². The molecule has 0 unspecified atom stereocenters. The van der Waals surface area contributed by atoms with Crippen molar-refractivity contribution in [2.24, 2.45) is 0 Å². The van der Waals surface area contributed by atoms with Crippen LogP contribution in [0.3, 0.4) is 0 Å². The Balaban J connectivity index is 0. The Kier molecular flexibility index (Phi) is 13.9. The van der Waals surface area contributed by atoms with E-state index in [0.717, 1.165) is 0 Å². The van der Waals surface area contributed by atoms with E-state index in [1.54, 1.807) is 6.29 Å². The molecule has 0 fully saturated rings. The van der Waals surface area contributed by atoms with Crippen LogP contribution in [0.25, 0.3) is 0 Å². The number of hydrogen-bond acceptors (Lipinski definition) is 1. The zero-order valence-electron chi connectivity index (χ0n) is 3.25. The third-order valence-electron chi connectivity index (χ3n) is 0.228. The van der Waals surface area contributed by atoms with Crippen LogP contribution in [0.5, 0.6) is 0 Å². The molecule has 0 aromatic rings. The summed E-state index contributed by atoms with van der Waals surface area (Å²) in [6.07, 6.45) is 3.50. The third kappa shape index (κ3) is 8.98. The van der Waals surface area contributed by atoms with Crippen molar-refractivity contribution in [2.75, 3.05) is 0 Å². The summed E-state index contributed by atoms with van der Waals surface area (Å²) in [5, 5.41) is 0. The van der Waals surface area contributed by atoms with Crippen LogP contribution in [0.2, 0.25) is 0 Å².